The van der Waals surface area contributed by atoms with Gasteiger partial charge in [0.1, 0.15) is 11.6 Å². The van der Waals surface area contributed by atoms with E-state index in [1.807, 2.05) is 0 Å². The first-order valence-electron chi connectivity index (χ1n) is 8.57. The molecule has 0 aliphatic heterocycles. The van der Waals surface area contributed by atoms with Crippen LogP contribution in [0.1, 0.15) is 40.0 Å². The van der Waals surface area contributed by atoms with Crippen LogP contribution in [0.25, 0.3) is 0 Å². The molecule has 2 N–H and O–H groups in total. The number of carbonyl (C=O) groups excluding carboxylic acids is 2. The fourth-order valence-electron chi connectivity index (χ4n) is 2.65. The lowest BCUT2D eigenvalue weighted by molar-refractivity contribution is -0.140. The van der Waals surface area contributed by atoms with Crippen molar-refractivity contribution in [1.82, 2.24) is 10.3 Å². The van der Waals surface area contributed by atoms with Crippen molar-refractivity contribution < 1.29 is 27.2 Å². The molecule has 0 radical (unpaired) electrons. The average Bonchev–Trinajstić information content (AvgIpc) is 3.44. The molecule has 9 heteroatoms. The Bertz CT molecular complexity index is 924. The van der Waals surface area contributed by atoms with Crippen molar-refractivity contribution in [2.24, 2.45) is 5.92 Å². The number of halogens is 4. The summed E-state index contributed by atoms with van der Waals surface area (Å²) in [5.74, 6) is -2.03. The van der Waals surface area contributed by atoms with Gasteiger partial charge in [0.05, 0.1) is 5.56 Å². The van der Waals surface area contributed by atoms with Gasteiger partial charge in [0.25, 0.3) is 5.91 Å². The van der Waals surface area contributed by atoms with E-state index in [1.165, 1.54) is 18.2 Å². The summed E-state index contributed by atoms with van der Waals surface area (Å²) in [5.41, 5.74) is -1.03. The van der Waals surface area contributed by atoms with Crippen molar-refractivity contribution in [3.8, 4) is 0 Å². The number of rotatable bonds is 5. The van der Waals surface area contributed by atoms with Crippen LogP contribution in [0.4, 0.5) is 23.4 Å². The highest BCUT2D eigenvalue weighted by Gasteiger charge is 2.34. The lowest BCUT2D eigenvalue weighted by Gasteiger charge is -2.12. The summed E-state index contributed by atoms with van der Waals surface area (Å²) in [5, 5.41) is 5.02. The largest absolute Gasteiger partial charge is 0.419 e. The van der Waals surface area contributed by atoms with Gasteiger partial charge < -0.3 is 10.6 Å². The zero-order chi connectivity index (χ0) is 20.5. The fraction of sp³-hybridized carbons (Fsp3) is 0.316. The number of aryl methyl sites for hydroxylation is 1. The molecule has 1 fully saturated rings. The van der Waals surface area contributed by atoms with Crippen molar-refractivity contribution >= 4 is 17.6 Å². The van der Waals surface area contributed by atoms with Gasteiger partial charge >= 0.3 is 6.18 Å². The molecule has 148 valence electrons. The smallest absolute Gasteiger partial charge is 0.348 e. The van der Waals surface area contributed by atoms with E-state index in [4.69, 9.17) is 0 Å². The van der Waals surface area contributed by atoms with Crippen LogP contribution in [0.15, 0.2) is 30.3 Å². The molecule has 2 amide bonds. The second-order valence-corrected chi connectivity index (χ2v) is 6.61. The van der Waals surface area contributed by atoms with E-state index in [-0.39, 0.29) is 28.8 Å². The molecule has 28 heavy (non-hydrogen) atoms. The molecule has 0 unspecified atom stereocenters. The quantitative estimate of drug-likeness (QED) is 0.756. The van der Waals surface area contributed by atoms with Gasteiger partial charge in [-0.3, -0.25) is 9.59 Å². The number of aromatic nitrogens is 1. The van der Waals surface area contributed by atoms with E-state index in [9.17, 15) is 27.2 Å². The highest BCUT2D eigenvalue weighted by atomic mass is 19.4. The summed E-state index contributed by atoms with van der Waals surface area (Å²) in [4.78, 5) is 28.3. The highest BCUT2D eigenvalue weighted by molar-refractivity contribution is 5.97. The van der Waals surface area contributed by atoms with E-state index in [2.05, 4.69) is 15.6 Å². The third kappa shape index (κ3) is 4.65. The Kier molecular flexibility index (Phi) is 5.35. The zero-order valence-corrected chi connectivity index (χ0v) is 14.9. The molecule has 1 aliphatic carbocycles. The summed E-state index contributed by atoms with van der Waals surface area (Å²) >= 11 is 0. The van der Waals surface area contributed by atoms with E-state index in [0.29, 0.717) is 11.8 Å². The summed E-state index contributed by atoms with van der Waals surface area (Å²) in [6, 6.07) is 5.72. The van der Waals surface area contributed by atoms with Gasteiger partial charge in [-0.2, -0.15) is 13.2 Å². The standard InChI is InChI=1S/C19H17F4N3O2/c1-10-7-13(8-15(25-10)26-18(28)11-5-6-11)17(27)24-9-12-3-2-4-14(16(12)20)19(21,22)23/h2-4,7-8,11H,5-6,9H2,1H3,(H,24,27)(H,25,26,28). The van der Waals surface area contributed by atoms with E-state index < -0.39 is 30.0 Å². The minimum Gasteiger partial charge on any atom is -0.348 e. The fourth-order valence-corrected chi connectivity index (χ4v) is 2.65. The maximum Gasteiger partial charge on any atom is 0.419 e. The molecular weight excluding hydrogens is 378 g/mol. The Hall–Kier alpha value is -2.97. The number of carbonyl (C=O) groups is 2. The molecule has 3 rings (SSSR count). The van der Waals surface area contributed by atoms with Crippen LogP contribution in [0.5, 0.6) is 0 Å². The van der Waals surface area contributed by atoms with Gasteiger partial charge in [-0.25, -0.2) is 9.37 Å². The summed E-state index contributed by atoms with van der Waals surface area (Å²) in [7, 11) is 0. The molecule has 2 aromatic rings. The van der Waals surface area contributed by atoms with Crippen LogP contribution in [-0.2, 0) is 17.5 Å². The lowest BCUT2D eigenvalue weighted by Crippen LogP contribution is -2.24. The summed E-state index contributed by atoms with van der Waals surface area (Å²) in [6.07, 6.45) is -3.19. The number of alkyl halides is 3. The van der Waals surface area contributed by atoms with Gasteiger partial charge in [-0.1, -0.05) is 12.1 Å². The number of hydrogen-bond acceptors (Lipinski definition) is 3. The molecule has 1 heterocycles. The third-order valence-corrected chi connectivity index (χ3v) is 4.24. The average molecular weight is 395 g/mol. The van der Waals surface area contributed by atoms with Crippen LogP contribution in [0.3, 0.4) is 0 Å². The normalized spacial score (nSPS) is 13.9. The first kappa shape index (κ1) is 19.8. The van der Waals surface area contributed by atoms with Crippen molar-refractivity contribution in [3.05, 3.63) is 58.5 Å². The Morgan fingerprint density at radius 2 is 1.93 bits per heavy atom. The molecule has 0 saturated heterocycles. The second kappa shape index (κ2) is 7.57. The van der Waals surface area contributed by atoms with E-state index in [0.717, 1.165) is 18.9 Å². The second-order valence-electron chi connectivity index (χ2n) is 6.61. The first-order chi connectivity index (χ1) is 13.1. The Balaban J connectivity index is 1.71. The maximum absolute atomic E-state index is 14.0. The number of anilines is 1. The van der Waals surface area contributed by atoms with Gasteiger partial charge in [0, 0.05) is 29.3 Å². The number of nitrogens with zero attached hydrogens (tertiary/aromatic N) is 1. The van der Waals surface area contributed by atoms with Crippen molar-refractivity contribution in [1.29, 1.82) is 0 Å². The van der Waals surface area contributed by atoms with Crippen LogP contribution in [-0.4, -0.2) is 16.8 Å². The number of hydrogen-bond donors (Lipinski definition) is 2. The van der Waals surface area contributed by atoms with Gasteiger partial charge in [0.15, 0.2) is 0 Å². The summed E-state index contributed by atoms with van der Waals surface area (Å²) < 4.78 is 52.4. The topological polar surface area (TPSA) is 71.1 Å². The van der Waals surface area contributed by atoms with Crippen LogP contribution in [0, 0.1) is 18.7 Å². The molecule has 1 aliphatic rings. The minimum absolute atomic E-state index is 0.0385. The monoisotopic (exact) mass is 395 g/mol. The minimum atomic E-state index is -4.82. The Morgan fingerprint density at radius 3 is 2.57 bits per heavy atom. The van der Waals surface area contributed by atoms with Crippen molar-refractivity contribution in [3.63, 3.8) is 0 Å². The SMILES string of the molecule is Cc1cc(C(=O)NCc2cccc(C(F)(F)F)c2F)cc(NC(=O)C2CC2)n1. The van der Waals surface area contributed by atoms with Crippen LogP contribution < -0.4 is 10.6 Å². The van der Waals surface area contributed by atoms with Crippen LogP contribution >= 0.6 is 0 Å². The van der Waals surface area contributed by atoms with Crippen molar-refractivity contribution in [2.45, 2.75) is 32.5 Å². The van der Waals surface area contributed by atoms with Crippen molar-refractivity contribution in [2.75, 3.05) is 5.32 Å². The van der Waals surface area contributed by atoms with Gasteiger partial charge in [-0.05, 0) is 38.0 Å². The molecule has 0 spiro atoms. The van der Waals surface area contributed by atoms with Crippen LogP contribution in [0.2, 0.25) is 0 Å². The molecule has 0 bridgehead atoms. The number of benzene rings is 1. The molecule has 5 nitrogen and oxygen atoms in total. The number of amides is 2. The van der Waals surface area contributed by atoms with E-state index in [1.54, 1.807) is 6.92 Å². The number of nitrogens with one attached hydrogen (secondary N) is 2. The van der Waals surface area contributed by atoms with Gasteiger partial charge in [0.2, 0.25) is 5.91 Å². The predicted molar refractivity (Wildman–Crippen MR) is 92.9 cm³/mol. The molecule has 0 atom stereocenters. The maximum atomic E-state index is 14.0. The predicted octanol–water partition coefficient (Wildman–Crippen LogP) is 3.83. The number of pyridine rings is 1. The first-order valence-corrected chi connectivity index (χ1v) is 8.57. The molecule has 1 aromatic carbocycles. The third-order valence-electron chi connectivity index (χ3n) is 4.24. The lowest BCUT2D eigenvalue weighted by atomic mass is 10.1. The van der Waals surface area contributed by atoms with E-state index >= 15 is 0 Å². The van der Waals surface area contributed by atoms with Gasteiger partial charge in [-0.15, -0.1) is 0 Å². The highest BCUT2D eigenvalue weighted by Crippen LogP contribution is 2.32. The molecule has 1 aromatic heterocycles. The summed E-state index contributed by atoms with van der Waals surface area (Å²) in [6.45, 7) is 1.22. The Morgan fingerprint density at radius 1 is 1.21 bits per heavy atom. The zero-order valence-electron chi connectivity index (χ0n) is 14.9. The molecular formula is C19H17F4N3O2. The molecule has 1 saturated carbocycles. The Labute approximate surface area is 158 Å².